The van der Waals surface area contributed by atoms with Gasteiger partial charge in [-0.05, 0) is 23.3 Å². The second-order valence-electron chi connectivity index (χ2n) is 3.23. The molecule has 0 aromatic heterocycles. The van der Waals surface area contributed by atoms with Crippen molar-refractivity contribution in [2.45, 2.75) is 12.5 Å². The number of carboxylic acids is 2. The van der Waals surface area contributed by atoms with Gasteiger partial charge >= 0.3 is 11.9 Å². The molecule has 0 aliphatic rings. The molecule has 1 atom stereocenters. The molecule has 0 spiro atoms. The van der Waals surface area contributed by atoms with Gasteiger partial charge < -0.3 is 15.9 Å². The Labute approximate surface area is 90.3 Å². The van der Waals surface area contributed by atoms with Crippen LogP contribution in [0.4, 0.5) is 4.39 Å². The monoisotopic (exact) mass is 227 g/mol. The third kappa shape index (κ3) is 2.77. The fourth-order valence-corrected chi connectivity index (χ4v) is 1.31. The van der Waals surface area contributed by atoms with Gasteiger partial charge in [0.1, 0.15) is 11.9 Å². The van der Waals surface area contributed by atoms with E-state index < -0.39 is 30.2 Å². The minimum atomic E-state index is -1.43. The van der Waals surface area contributed by atoms with Crippen LogP contribution in [-0.4, -0.2) is 22.2 Å². The van der Waals surface area contributed by atoms with Gasteiger partial charge in [0.25, 0.3) is 0 Å². The van der Waals surface area contributed by atoms with Gasteiger partial charge in [0.15, 0.2) is 0 Å². The van der Waals surface area contributed by atoms with Gasteiger partial charge in [-0.2, -0.15) is 0 Å². The molecule has 0 heterocycles. The van der Waals surface area contributed by atoms with E-state index in [1.165, 1.54) is 6.07 Å². The number of halogens is 1. The normalized spacial score (nSPS) is 12.1. The van der Waals surface area contributed by atoms with Crippen molar-refractivity contribution >= 4 is 11.9 Å². The quantitative estimate of drug-likeness (QED) is 0.696. The molecular weight excluding hydrogens is 217 g/mol. The Bertz CT molecular complexity index is 433. The number of carboxylic acid groups (broad SMARTS) is 2. The van der Waals surface area contributed by atoms with E-state index in [1.54, 1.807) is 0 Å². The molecule has 0 saturated heterocycles. The maximum Gasteiger partial charge on any atom is 0.325 e. The van der Waals surface area contributed by atoms with E-state index in [9.17, 15) is 14.0 Å². The highest BCUT2D eigenvalue weighted by Gasteiger charge is 2.19. The van der Waals surface area contributed by atoms with E-state index in [0.717, 1.165) is 12.1 Å². The molecule has 0 aliphatic carbocycles. The first kappa shape index (κ1) is 12.1. The number of carbonyl (C=O) groups is 2. The van der Waals surface area contributed by atoms with Crippen molar-refractivity contribution in [3.63, 3.8) is 0 Å². The summed E-state index contributed by atoms with van der Waals surface area (Å²) in [4.78, 5) is 21.2. The van der Waals surface area contributed by atoms with Crippen LogP contribution in [0.3, 0.4) is 0 Å². The van der Waals surface area contributed by atoms with Crippen molar-refractivity contribution in [3.8, 4) is 0 Å². The first-order valence-electron chi connectivity index (χ1n) is 4.40. The number of hydrogen-bond donors (Lipinski definition) is 3. The lowest BCUT2D eigenvalue weighted by Gasteiger charge is -2.11. The average Bonchev–Trinajstić information content (AvgIpc) is 2.18. The van der Waals surface area contributed by atoms with Crippen molar-refractivity contribution in [1.29, 1.82) is 0 Å². The Hall–Kier alpha value is -1.95. The van der Waals surface area contributed by atoms with E-state index in [1.807, 2.05) is 0 Å². The van der Waals surface area contributed by atoms with Crippen molar-refractivity contribution in [1.82, 2.24) is 0 Å². The van der Waals surface area contributed by atoms with Crippen molar-refractivity contribution in [3.05, 3.63) is 35.1 Å². The van der Waals surface area contributed by atoms with Gasteiger partial charge in [0.05, 0.1) is 6.42 Å². The molecule has 1 aromatic carbocycles. The van der Waals surface area contributed by atoms with Gasteiger partial charge in [0.2, 0.25) is 0 Å². The SMILES string of the molecule is N[C@H](C(=O)O)c1cc(F)ccc1CC(=O)O. The highest BCUT2D eigenvalue weighted by Crippen LogP contribution is 2.18. The van der Waals surface area contributed by atoms with E-state index in [0.29, 0.717) is 0 Å². The van der Waals surface area contributed by atoms with Crippen LogP contribution in [0, 0.1) is 5.82 Å². The molecule has 6 heteroatoms. The van der Waals surface area contributed by atoms with Crippen LogP contribution in [0.15, 0.2) is 18.2 Å². The summed E-state index contributed by atoms with van der Waals surface area (Å²) in [5.74, 6) is -3.12. The summed E-state index contributed by atoms with van der Waals surface area (Å²) in [6.07, 6.45) is -0.392. The van der Waals surface area contributed by atoms with Gasteiger partial charge in [-0.1, -0.05) is 6.07 Å². The molecule has 16 heavy (non-hydrogen) atoms. The maximum absolute atomic E-state index is 12.9. The summed E-state index contributed by atoms with van der Waals surface area (Å²) in [5.41, 5.74) is 5.50. The second-order valence-corrected chi connectivity index (χ2v) is 3.23. The minimum Gasteiger partial charge on any atom is -0.481 e. The Morgan fingerprint density at radius 1 is 1.38 bits per heavy atom. The Balaban J connectivity index is 3.17. The zero-order chi connectivity index (χ0) is 12.3. The van der Waals surface area contributed by atoms with Crippen LogP contribution < -0.4 is 5.73 Å². The zero-order valence-electron chi connectivity index (χ0n) is 8.18. The molecule has 1 aromatic rings. The second kappa shape index (κ2) is 4.71. The number of aliphatic carboxylic acids is 2. The minimum absolute atomic E-state index is 0.0186. The van der Waals surface area contributed by atoms with Crippen LogP contribution in [0.2, 0.25) is 0 Å². The Kier molecular flexibility index (Phi) is 3.57. The predicted molar refractivity (Wildman–Crippen MR) is 52.3 cm³/mol. The molecule has 0 fully saturated rings. The standard InChI is InChI=1S/C10H10FNO4/c11-6-2-1-5(3-8(13)14)7(4-6)9(12)10(15)16/h1-2,4,9H,3,12H2,(H,13,14)(H,15,16)/t9-/m0/s1. The topological polar surface area (TPSA) is 101 Å². The van der Waals surface area contributed by atoms with Crippen LogP contribution in [0.5, 0.6) is 0 Å². The smallest absolute Gasteiger partial charge is 0.325 e. The van der Waals surface area contributed by atoms with Gasteiger partial charge in [-0.3, -0.25) is 9.59 Å². The van der Waals surface area contributed by atoms with Crippen LogP contribution in [0.25, 0.3) is 0 Å². The van der Waals surface area contributed by atoms with E-state index >= 15 is 0 Å². The largest absolute Gasteiger partial charge is 0.481 e. The van der Waals surface area contributed by atoms with Crippen LogP contribution >= 0.6 is 0 Å². The molecule has 0 bridgehead atoms. The van der Waals surface area contributed by atoms with Gasteiger partial charge in [-0.15, -0.1) is 0 Å². The molecule has 0 aliphatic heterocycles. The molecule has 0 unspecified atom stereocenters. The molecule has 4 N–H and O–H groups in total. The van der Waals surface area contributed by atoms with E-state index in [-0.39, 0.29) is 11.1 Å². The van der Waals surface area contributed by atoms with Gasteiger partial charge in [0, 0.05) is 0 Å². The lowest BCUT2D eigenvalue weighted by Crippen LogP contribution is -2.23. The highest BCUT2D eigenvalue weighted by molar-refractivity contribution is 5.77. The number of nitrogens with two attached hydrogens (primary N) is 1. The van der Waals surface area contributed by atoms with Crippen molar-refractivity contribution in [2.24, 2.45) is 5.73 Å². The predicted octanol–water partition coefficient (Wildman–Crippen LogP) is 0.537. The van der Waals surface area contributed by atoms with E-state index in [4.69, 9.17) is 15.9 Å². The summed E-state index contributed by atoms with van der Waals surface area (Å²) >= 11 is 0. The third-order valence-electron chi connectivity index (χ3n) is 2.05. The molecule has 0 saturated carbocycles. The van der Waals surface area contributed by atoms with Crippen molar-refractivity contribution < 1.29 is 24.2 Å². The third-order valence-corrected chi connectivity index (χ3v) is 2.05. The summed E-state index contributed by atoms with van der Waals surface area (Å²) in [6.45, 7) is 0. The molecule has 5 nitrogen and oxygen atoms in total. The summed E-state index contributed by atoms with van der Waals surface area (Å²) in [6, 6.07) is 1.81. The van der Waals surface area contributed by atoms with Crippen LogP contribution in [0.1, 0.15) is 17.2 Å². The van der Waals surface area contributed by atoms with E-state index in [2.05, 4.69) is 0 Å². The summed E-state index contributed by atoms with van der Waals surface area (Å²) < 4.78 is 12.9. The van der Waals surface area contributed by atoms with Crippen molar-refractivity contribution in [2.75, 3.05) is 0 Å². The first-order chi connectivity index (χ1) is 7.41. The molecule has 1 rings (SSSR count). The molecule has 86 valence electrons. The maximum atomic E-state index is 12.9. The Morgan fingerprint density at radius 2 is 2.00 bits per heavy atom. The fourth-order valence-electron chi connectivity index (χ4n) is 1.31. The fraction of sp³-hybridized carbons (Fsp3) is 0.200. The lowest BCUT2D eigenvalue weighted by atomic mass is 9.98. The molecule has 0 amide bonds. The summed E-state index contributed by atoms with van der Waals surface area (Å²) in [7, 11) is 0. The van der Waals surface area contributed by atoms with Gasteiger partial charge in [-0.25, -0.2) is 4.39 Å². The zero-order valence-corrected chi connectivity index (χ0v) is 8.18. The highest BCUT2D eigenvalue weighted by atomic mass is 19.1. The Morgan fingerprint density at radius 3 is 2.50 bits per heavy atom. The lowest BCUT2D eigenvalue weighted by molar-refractivity contribution is -0.139. The molecular formula is C10H10FNO4. The average molecular weight is 227 g/mol. The first-order valence-corrected chi connectivity index (χ1v) is 4.40. The number of rotatable bonds is 4. The number of hydrogen-bond acceptors (Lipinski definition) is 3. The number of benzene rings is 1. The molecule has 0 radical (unpaired) electrons. The van der Waals surface area contributed by atoms with Crippen LogP contribution in [-0.2, 0) is 16.0 Å². The summed E-state index contributed by atoms with van der Waals surface area (Å²) in [5, 5.41) is 17.3.